The predicted molar refractivity (Wildman–Crippen MR) is 152 cm³/mol. The molecule has 8 nitrogen and oxygen atoms in total. The van der Waals surface area contributed by atoms with Crippen LogP contribution in [-0.4, -0.2) is 41.4 Å². The Balaban J connectivity index is 1.22. The summed E-state index contributed by atoms with van der Waals surface area (Å²) in [7, 11) is 0. The number of fused-ring (bicyclic) bond motifs is 1. The molecule has 0 atom stereocenters. The molecular weight excluding hydrogens is 506 g/mol. The Hall–Kier alpha value is -4.76. The van der Waals surface area contributed by atoms with Crippen LogP contribution in [0.15, 0.2) is 120 Å². The predicted octanol–water partition coefficient (Wildman–Crippen LogP) is 5.39. The van der Waals surface area contributed by atoms with E-state index in [4.69, 9.17) is 0 Å². The maximum Gasteiger partial charge on any atom is 0.259 e. The van der Waals surface area contributed by atoms with Gasteiger partial charge in [0.05, 0.1) is 17.2 Å². The minimum Gasteiger partial charge on any atom is -0.345 e. The molecule has 2 heterocycles. The monoisotopic (exact) mass is 531 g/mol. The van der Waals surface area contributed by atoms with Gasteiger partial charge in [0.1, 0.15) is 5.52 Å². The van der Waals surface area contributed by atoms with E-state index in [2.05, 4.69) is 25.8 Å². The summed E-state index contributed by atoms with van der Waals surface area (Å²) in [6, 6.07) is 37.4. The number of rotatable bonds is 9. The largest absolute Gasteiger partial charge is 0.345 e. The van der Waals surface area contributed by atoms with Crippen molar-refractivity contribution >= 4 is 28.7 Å². The summed E-state index contributed by atoms with van der Waals surface area (Å²) in [4.78, 5) is 13.1. The molecule has 0 aliphatic rings. The molecule has 1 N–H and O–H groups in total. The number of aromatic nitrogens is 6. The van der Waals surface area contributed by atoms with E-state index in [-0.39, 0.29) is 11.9 Å². The van der Waals surface area contributed by atoms with Crippen molar-refractivity contribution in [3.63, 3.8) is 0 Å². The first-order valence-corrected chi connectivity index (χ1v) is 13.6. The summed E-state index contributed by atoms with van der Waals surface area (Å²) in [5, 5.41) is 21.4. The van der Waals surface area contributed by atoms with Crippen LogP contribution in [0.1, 0.15) is 23.6 Å². The van der Waals surface area contributed by atoms with Crippen molar-refractivity contribution in [2.45, 2.75) is 17.6 Å². The molecule has 0 saturated carbocycles. The van der Waals surface area contributed by atoms with Crippen molar-refractivity contribution in [1.82, 2.24) is 35.1 Å². The molecule has 0 aliphatic carbocycles. The summed E-state index contributed by atoms with van der Waals surface area (Å²) in [5.74, 6) is 1.04. The van der Waals surface area contributed by atoms with Gasteiger partial charge in [-0.25, -0.2) is 0 Å². The van der Waals surface area contributed by atoms with Crippen LogP contribution in [0.3, 0.4) is 0 Å². The molecule has 0 saturated heterocycles. The molecule has 6 rings (SSSR count). The van der Waals surface area contributed by atoms with Gasteiger partial charge in [-0.05, 0) is 35.4 Å². The molecule has 2 aromatic heterocycles. The van der Waals surface area contributed by atoms with Crippen molar-refractivity contribution in [1.29, 1.82) is 0 Å². The van der Waals surface area contributed by atoms with Crippen LogP contribution >= 0.6 is 11.8 Å². The second kappa shape index (κ2) is 11.3. The lowest BCUT2D eigenvalue weighted by atomic mass is 9.98. The molecule has 4 aromatic carbocycles. The second-order valence-corrected chi connectivity index (χ2v) is 9.93. The quantitative estimate of drug-likeness (QED) is 0.252. The van der Waals surface area contributed by atoms with Gasteiger partial charge in [0.15, 0.2) is 5.16 Å². The summed E-state index contributed by atoms with van der Waals surface area (Å²) in [6.07, 6.45) is 0.323. The summed E-state index contributed by atoms with van der Waals surface area (Å²) in [5.41, 5.74) is 4.59. The van der Waals surface area contributed by atoms with E-state index in [1.54, 1.807) is 4.68 Å². The lowest BCUT2D eigenvalue weighted by Crippen LogP contribution is -2.29. The molecule has 6 aromatic rings. The highest BCUT2D eigenvalue weighted by molar-refractivity contribution is 7.99. The molecule has 39 heavy (non-hydrogen) atoms. The van der Waals surface area contributed by atoms with Gasteiger partial charge in [-0.3, -0.25) is 9.36 Å². The molecule has 0 fully saturated rings. The molecular formula is C30H25N7OS. The smallest absolute Gasteiger partial charge is 0.259 e. The highest BCUT2D eigenvalue weighted by Gasteiger charge is 2.20. The van der Waals surface area contributed by atoms with Gasteiger partial charge in [0.25, 0.3) is 5.95 Å². The molecule has 9 heteroatoms. The fraction of sp³-hybridized carbons (Fsp3) is 0.100. The average Bonchev–Trinajstić information content (AvgIpc) is 3.61. The van der Waals surface area contributed by atoms with E-state index in [1.165, 1.54) is 11.8 Å². The first-order chi connectivity index (χ1) is 19.3. The molecule has 0 aliphatic heterocycles. The fourth-order valence-electron chi connectivity index (χ4n) is 4.43. The van der Waals surface area contributed by atoms with Crippen molar-refractivity contribution in [2.75, 3.05) is 5.75 Å². The number of nitrogens with one attached hydrogen (secondary N) is 1. The SMILES string of the molecule is O=C(CCSc1nnc(-n2nnc3ccccc32)n1-c1ccccc1)NC(c1ccccc1)c1ccccc1. The Morgan fingerprint density at radius 2 is 1.36 bits per heavy atom. The van der Waals surface area contributed by atoms with Crippen LogP contribution in [0.25, 0.3) is 22.7 Å². The van der Waals surface area contributed by atoms with Crippen LogP contribution in [0, 0.1) is 0 Å². The zero-order chi connectivity index (χ0) is 26.4. The summed E-state index contributed by atoms with van der Waals surface area (Å²) in [6.45, 7) is 0. The molecule has 192 valence electrons. The normalized spacial score (nSPS) is 11.2. The van der Waals surface area contributed by atoms with Crippen LogP contribution < -0.4 is 5.32 Å². The van der Waals surface area contributed by atoms with Crippen LogP contribution in [0.2, 0.25) is 0 Å². The van der Waals surface area contributed by atoms with Crippen molar-refractivity contribution in [3.8, 4) is 11.6 Å². The van der Waals surface area contributed by atoms with Crippen molar-refractivity contribution < 1.29 is 4.79 Å². The Kier molecular flexibility index (Phi) is 7.13. The van der Waals surface area contributed by atoms with E-state index >= 15 is 0 Å². The summed E-state index contributed by atoms with van der Waals surface area (Å²) < 4.78 is 3.64. The topological polar surface area (TPSA) is 90.5 Å². The number of thioether (sulfide) groups is 1. The minimum atomic E-state index is -0.218. The number of hydrogen-bond acceptors (Lipinski definition) is 6. The molecule has 0 bridgehead atoms. The molecule has 1 amide bonds. The number of carbonyl (C=O) groups excluding carboxylic acids is 1. The standard InChI is InChI=1S/C30H25N7OS/c38-27(31-28(22-12-4-1-5-13-22)23-14-6-2-7-15-23)20-21-39-30-34-33-29(36(30)24-16-8-3-9-17-24)37-26-19-11-10-18-25(26)32-35-37/h1-19,28H,20-21H2,(H,31,38). The molecule has 0 radical (unpaired) electrons. The van der Waals surface area contributed by atoms with E-state index in [0.29, 0.717) is 23.3 Å². The third-order valence-corrected chi connectivity index (χ3v) is 7.23. The van der Waals surface area contributed by atoms with Gasteiger partial charge in [-0.15, -0.1) is 15.3 Å². The number of amides is 1. The van der Waals surface area contributed by atoms with Gasteiger partial charge in [-0.2, -0.15) is 4.68 Å². The van der Waals surface area contributed by atoms with Crippen LogP contribution in [0.5, 0.6) is 0 Å². The third kappa shape index (κ3) is 5.30. The lowest BCUT2D eigenvalue weighted by molar-refractivity contribution is -0.121. The summed E-state index contributed by atoms with van der Waals surface area (Å²) >= 11 is 1.48. The zero-order valence-electron chi connectivity index (χ0n) is 21.0. The van der Waals surface area contributed by atoms with E-state index in [1.807, 2.05) is 120 Å². The van der Waals surface area contributed by atoms with Gasteiger partial charge in [0.2, 0.25) is 5.91 Å². The van der Waals surface area contributed by atoms with Crippen LogP contribution in [0.4, 0.5) is 0 Å². The maximum atomic E-state index is 13.1. The highest BCUT2D eigenvalue weighted by atomic mass is 32.2. The zero-order valence-corrected chi connectivity index (χ0v) is 21.8. The molecule has 0 unspecified atom stereocenters. The highest BCUT2D eigenvalue weighted by Crippen LogP contribution is 2.26. The van der Waals surface area contributed by atoms with Crippen molar-refractivity contribution in [3.05, 3.63) is 126 Å². The average molecular weight is 532 g/mol. The third-order valence-electron chi connectivity index (χ3n) is 6.30. The Morgan fingerprint density at radius 1 is 0.744 bits per heavy atom. The van der Waals surface area contributed by atoms with Gasteiger partial charge in [-0.1, -0.05) is 108 Å². The Labute approximate surface area is 229 Å². The lowest BCUT2D eigenvalue weighted by Gasteiger charge is -2.20. The second-order valence-electron chi connectivity index (χ2n) is 8.86. The van der Waals surface area contributed by atoms with Gasteiger partial charge < -0.3 is 5.32 Å². The van der Waals surface area contributed by atoms with E-state index in [0.717, 1.165) is 27.8 Å². The van der Waals surface area contributed by atoms with E-state index < -0.39 is 0 Å². The Bertz CT molecular complexity index is 1640. The fourth-order valence-corrected chi connectivity index (χ4v) is 5.32. The van der Waals surface area contributed by atoms with Crippen molar-refractivity contribution in [2.24, 2.45) is 0 Å². The maximum absolute atomic E-state index is 13.1. The first-order valence-electron chi connectivity index (χ1n) is 12.6. The number of hydrogen-bond donors (Lipinski definition) is 1. The number of nitrogens with zero attached hydrogens (tertiary/aromatic N) is 6. The number of para-hydroxylation sites is 2. The first kappa shape index (κ1) is 24.6. The van der Waals surface area contributed by atoms with Gasteiger partial charge in [0, 0.05) is 12.2 Å². The minimum absolute atomic E-state index is 0.0338. The van der Waals surface area contributed by atoms with Crippen LogP contribution in [-0.2, 0) is 4.79 Å². The van der Waals surface area contributed by atoms with Gasteiger partial charge >= 0.3 is 0 Å². The number of carbonyl (C=O) groups is 1. The number of benzene rings is 4. The van der Waals surface area contributed by atoms with E-state index in [9.17, 15) is 4.79 Å². The molecule has 0 spiro atoms. The Morgan fingerprint density at radius 3 is 2.05 bits per heavy atom.